The number of rotatable bonds is 5. The van der Waals surface area contributed by atoms with E-state index in [1.165, 1.54) is 27.9 Å². The maximum atomic E-state index is 9.96. The van der Waals surface area contributed by atoms with Gasteiger partial charge in [0.2, 0.25) is 0 Å². The Morgan fingerprint density at radius 1 is 0.867 bits per heavy atom. The topological polar surface area (TPSA) is 32.7 Å². The molecule has 1 heterocycles. The molecule has 156 valence electrons. The molecule has 0 amide bonds. The summed E-state index contributed by atoms with van der Waals surface area (Å²) in [6.45, 7) is 4.90. The first-order valence-electron chi connectivity index (χ1n) is 10.0. The Morgan fingerprint density at radius 3 is 2.23 bits per heavy atom. The molecule has 3 aromatic rings. The third-order valence-corrected chi connectivity index (χ3v) is 7.89. The van der Waals surface area contributed by atoms with Crippen LogP contribution in [0.4, 0.5) is 5.69 Å². The van der Waals surface area contributed by atoms with Gasteiger partial charge in [-0.3, -0.25) is 3.71 Å². The largest absolute Gasteiger partial charge is 0.508 e. The molecular weight excluding hydrogens is 410 g/mol. The van der Waals surface area contributed by atoms with E-state index in [4.69, 9.17) is 4.74 Å². The van der Waals surface area contributed by atoms with Gasteiger partial charge in [0, 0.05) is 36.0 Å². The predicted octanol–water partition coefficient (Wildman–Crippen LogP) is 6.68. The summed E-state index contributed by atoms with van der Waals surface area (Å²) in [5.74, 6) is 1.40. The Labute approximate surface area is 187 Å². The molecule has 30 heavy (non-hydrogen) atoms. The zero-order valence-corrected chi connectivity index (χ0v) is 19.4. The first-order valence-corrected chi connectivity index (χ1v) is 12.4. The van der Waals surface area contributed by atoms with Crippen molar-refractivity contribution in [2.24, 2.45) is 0 Å². The highest BCUT2D eigenvalue weighted by Gasteiger charge is 2.33. The van der Waals surface area contributed by atoms with E-state index in [9.17, 15) is 5.11 Å². The average molecular weight is 438 g/mol. The Balaban J connectivity index is 1.79. The van der Waals surface area contributed by atoms with Crippen molar-refractivity contribution in [3.63, 3.8) is 0 Å². The van der Waals surface area contributed by atoms with E-state index >= 15 is 0 Å². The Morgan fingerprint density at radius 2 is 1.57 bits per heavy atom. The SMILES string of the molecule is CSN(SC)c1ccc(C2c3ccc(O)cc3OCC2c2ccc(C)c(C)c2)cc1. The minimum Gasteiger partial charge on any atom is -0.508 e. The molecule has 5 heteroatoms. The van der Waals surface area contributed by atoms with Crippen LogP contribution in [-0.2, 0) is 0 Å². The summed E-state index contributed by atoms with van der Waals surface area (Å²) in [4.78, 5) is 0. The molecule has 0 radical (unpaired) electrons. The fourth-order valence-electron chi connectivity index (χ4n) is 4.18. The molecule has 0 spiro atoms. The first-order chi connectivity index (χ1) is 14.5. The fraction of sp³-hybridized carbons (Fsp3) is 0.280. The Bertz CT molecular complexity index is 1030. The van der Waals surface area contributed by atoms with Crippen molar-refractivity contribution < 1.29 is 9.84 Å². The molecule has 0 aliphatic carbocycles. The standard InChI is InChI=1S/C25H27NO2S2/c1-16-5-6-19(13-17(16)2)23-15-28-24-14-21(27)11-12-22(24)25(23)18-7-9-20(10-8-18)26(29-3)30-4/h5-14,23,25,27H,15H2,1-4H3. The number of nitrogens with zero attached hydrogens (tertiary/aromatic N) is 1. The lowest BCUT2D eigenvalue weighted by molar-refractivity contribution is 0.247. The minimum atomic E-state index is 0.169. The molecule has 2 atom stereocenters. The molecule has 0 aromatic heterocycles. The minimum absolute atomic E-state index is 0.169. The van der Waals surface area contributed by atoms with E-state index in [-0.39, 0.29) is 17.6 Å². The molecule has 4 rings (SSSR count). The van der Waals surface area contributed by atoms with E-state index < -0.39 is 0 Å². The summed E-state index contributed by atoms with van der Waals surface area (Å²) in [6.07, 6.45) is 4.17. The summed E-state index contributed by atoms with van der Waals surface area (Å²) >= 11 is 3.41. The number of ether oxygens (including phenoxy) is 1. The number of phenolic OH excluding ortho intramolecular Hbond substituents is 1. The summed E-state index contributed by atoms with van der Waals surface area (Å²) in [6, 6.07) is 21.1. The summed E-state index contributed by atoms with van der Waals surface area (Å²) in [5.41, 5.74) is 7.46. The maximum Gasteiger partial charge on any atom is 0.126 e. The van der Waals surface area contributed by atoms with Gasteiger partial charge in [-0.15, -0.1) is 0 Å². The van der Waals surface area contributed by atoms with E-state index in [0.717, 1.165) is 11.3 Å². The van der Waals surface area contributed by atoms with Gasteiger partial charge >= 0.3 is 0 Å². The van der Waals surface area contributed by atoms with Crippen LogP contribution >= 0.6 is 23.9 Å². The number of hydrogen-bond acceptors (Lipinski definition) is 5. The summed E-state index contributed by atoms with van der Waals surface area (Å²) < 4.78 is 8.31. The second-order valence-corrected chi connectivity index (χ2v) is 9.37. The van der Waals surface area contributed by atoms with Crippen LogP contribution in [-0.4, -0.2) is 24.2 Å². The van der Waals surface area contributed by atoms with Gasteiger partial charge in [0.15, 0.2) is 0 Å². The molecule has 2 unspecified atom stereocenters. The fourth-order valence-corrected chi connectivity index (χ4v) is 5.44. The summed E-state index contributed by atoms with van der Waals surface area (Å²) in [5, 5.41) is 9.96. The summed E-state index contributed by atoms with van der Waals surface area (Å²) in [7, 11) is 0. The monoisotopic (exact) mass is 437 g/mol. The normalized spacial score (nSPS) is 17.9. The van der Waals surface area contributed by atoms with Crippen LogP contribution in [0.5, 0.6) is 11.5 Å². The van der Waals surface area contributed by atoms with E-state index in [0.29, 0.717) is 6.61 Å². The Hall–Kier alpha value is -2.24. The third kappa shape index (κ3) is 4.01. The van der Waals surface area contributed by atoms with Crippen molar-refractivity contribution in [2.45, 2.75) is 25.7 Å². The number of phenols is 1. The average Bonchev–Trinajstić information content (AvgIpc) is 2.76. The lowest BCUT2D eigenvalue weighted by atomic mass is 9.75. The second-order valence-electron chi connectivity index (χ2n) is 7.67. The van der Waals surface area contributed by atoms with Crippen molar-refractivity contribution in [3.8, 4) is 11.5 Å². The molecular formula is C25H27NO2S2. The van der Waals surface area contributed by atoms with Crippen LogP contribution in [0, 0.1) is 13.8 Å². The molecule has 0 saturated carbocycles. The van der Waals surface area contributed by atoms with Crippen LogP contribution in [0.1, 0.15) is 39.7 Å². The number of hydrogen-bond donors (Lipinski definition) is 1. The Kier molecular flexibility index (Phi) is 6.21. The van der Waals surface area contributed by atoms with Crippen LogP contribution < -0.4 is 8.45 Å². The molecule has 0 fully saturated rings. The first kappa shape index (κ1) is 21.0. The number of benzene rings is 3. The van der Waals surface area contributed by atoms with Crippen molar-refractivity contribution >= 4 is 29.6 Å². The van der Waals surface area contributed by atoms with Gasteiger partial charge in [-0.05, 0) is 78.2 Å². The van der Waals surface area contributed by atoms with E-state index in [2.05, 4.69) is 72.5 Å². The van der Waals surface area contributed by atoms with Crippen molar-refractivity contribution in [1.82, 2.24) is 0 Å². The van der Waals surface area contributed by atoms with Gasteiger partial charge in [0.25, 0.3) is 0 Å². The lowest BCUT2D eigenvalue weighted by Gasteiger charge is -2.35. The zero-order valence-electron chi connectivity index (χ0n) is 17.8. The van der Waals surface area contributed by atoms with Crippen molar-refractivity contribution in [1.29, 1.82) is 0 Å². The zero-order chi connectivity index (χ0) is 21.3. The molecule has 1 aliphatic heterocycles. The van der Waals surface area contributed by atoms with Gasteiger partial charge in [-0.1, -0.05) is 36.4 Å². The van der Waals surface area contributed by atoms with Crippen LogP contribution in [0.3, 0.4) is 0 Å². The quantitative estimate of drug-likeness (QED) is 0.450. The third-order valence-electron chi connectivity index (χ3n) is 5.91. The van der Waals surface area contributed by atoms with E-state index in [1.807, 2.05) is 6.07 Å². The van der Waals surface area contributed by atoms with Gasteiger partial charge in [0.1, 0.15) is 11.5 Å². The van der Waals surface area contributed by atoms with Crippen molar-refractivity contribution in [3.05, 3.63) is 88.5 Å². The van der Waals surface area contributed by atoms with Gasteiger partial charge in [0.05, 0.1) is 12.3 Å². The van der Waals surface area contributed by atoms with Gasteiger partial charge < -0.3 is 9.84 Å². The van der Waals surface area contributed by atoms with Crippen molar-refractivity contribution in [2.75, 3.05) is 22.8 Å². The van der Waals surface area contributed by atoms with E-state index in [1.54, 1.807) is 36.0 Å². The molecule has 1 aliphatic rings. The number of aromatic hydroxyl groups is 1. The molecule has 3 aromatic carbocycles. The highest BCUT2D eigenvalue weighted by atomic mass is 32.2. The van der Waals surface area contributed by atoms with Crippen LogP contribution in [0.2, 0.25) is 0 Å². The van der Waals surface area contributed by atoms with Gasteiger partial charge in [-0.2, -0.15) is 0 Å². The maximum absolute atomic E-state index is 9.96. The molecule has 1 N–H and O–H groups in total. The lowest BCUT2D eigenvalue weighted by Crippen LogP contribution is -2.25. The predicted molar refractivity (Wildman–Crippen MR) is 130 cm³/mol. The number of aryl methyl sites for hydroxylation is 2. The highest BCUT2D eigenvalue weighted by Crippen LogP contribution is 2.47. The molecule has 3 nitrogen and oxygen atoms in total. The highest BCUT2D eigenvalue weighted by molar-refractivity contribution is 8.17. The molecule has 0 saturated heterocycles. The number of anilines is 1. The van der Waals surface area contributed by atoms with Crippen LogP contribution in [0.25, 0.3) is 0 Å². The number of fused-ring (bicyclic) bond motifs is 1. The van der Waals surface area contributed by atoms with Gasteiger partial charge in [-0.25, -0.2) is 0 Å². The smallest absolute Gasteiger partial charge is 0.126 e. The molecule has 0 bridgehead atoms. The van der Waals surface area contributed by atoms with Crippen LogP contribution in [0.15, 0.2) is 60.7 Å². The second kappa shape index (κ2) is 8.86.